The molecule has 0 radical (unpaired) electrons. The summed E-state index contributed by atoms with van der Waals surface area (Å²) in [7, 11) is 1.57. The molecule has 0 fully saturated rings. The monoisotopic (exact) mass is 395 g/mol. The maximum atomic E-state index is 12.9. The molecule has 0 unspecified atom stereocenters. The van der Waals surface area contributed by atoms with Crippen LogP contribution in [0.4, 0.5) is 5.69 Å². The second-order valence-electron chi connectivity index (χ2n) is 6.69. The molecular weight excluding hydrogens is 374 g/mol. The number of carbonyl (C=O) groups is 2. The Kier molecular flexibility index (Phi) is 6.07. The zero-order valence-electron chi connectivity index (χ0n) is 16.2. The summed E-state index contributed by atoms with van der Waals surface area (Å²) in [6, 6.07) is 13.3. The number of hydrogen-bond donors (Lipinski definition) is 0. The first kappa shape index (κ1) is 20.3. The van der Waals surface area contributed by atoms with Crippen LogP contribution in [0.1, 0.15) is 30.4 Å². The molecule has 0 bridgehead atoms. The molecule has 0 saturated heterocycles. The van der Waals surface area contributed by atoms with Gasteiger partial charge in [-0.25, -0.2) is 0 Å². The lowest BCUT2D eigenvalue weighted by Gasteiger charge is -2.29. The van der Waals surface area contributed by atoms with E-state index >= 15 is 0 Å². The summed E-state index contributed by atoms with van der Waals surface area (Å²) >= 11 is 0. The van der Waals surface area contributed by atoms with Crippen LogP contribution in [-0.4, -0.2) is 30.4 Å². The lowest BCUT2D eigenvalue weighted by Crippen LogP contribution is -2.34. The van der Waals surface area contributed by atoms with Crippen molar-refractivity contribution in [1.82, 2.24) is 0 Å². The van der Waals surface area contributed by atoms with Gasteiger partial charge in [0.1, 0.15) is 11.7 Å². The third-order valence-electron chi connectivity index (χ3n) is 4.98. The van der Waals surface area contributed by atoms with E-state index < -0.39 is 22.7 Å². The minimum atomic E-state index is -1.03. The number of methoxy groups -OCH3 is 1. The molecule has 2 atom stereocenters. The summed E-state index contributed by atoms with van der Waals surface area (Å²) < 4.78 is 10.3. The van der Waals surface area contributed by atoms with E-state index in [1.807, 2.05) is 12.1 Å². The van der Waals surface area contributed by atoms with Crippen molar-refractivity contribution >= 4 is 23.0 Å². The number of esters is 1. The number of hydrogen-bond acceptors (Lipinski definition) is 6. The van der Waals surface area contributed by atoms with Crippen molar-refractivity contribution in [2.45, 2.75) is 19.3 Å². The van der Waals surface area contributed by atoms with E-state index in [-0.39, 0.29) is 18.1 Å². The number of nitro benzene ring substituents is 1. The minimum Gasteiger partial charge on any atom is -0.497 e. The van der Waals surface area contributed by atoms with Gasteiger partial charge in [0, 0.05) is 18.1 Å². The molecule has 29 heavy (non-hydrogen) atoms. The molecule has 150 valence electrons. The smallest absolute Gasteiger partial charge is 0.317 e. The van der Waals surface area contributed by atoms with Crippen LogP contribution in [-0.2, 0) is 14.3 Å². The van der Waals surface area contributed by atoms with Crippen molar-refractivity contribution in [2.24, 2.45) is 5.92 Å². The van der Waals surface area contributed by atoms with Crippen molar-refractivity contribution < 1.29 is 24.0 Å². The highest BCUT2D eigenvalue weighted by molar-refractivity contribution is 6.10. The Morgan fingerprint density at radius 3 is 2.55 bits per heavy atom. The van der Waals surface area contributed by atoms with Crippen LogP contribution >= 0.6 is 0 Å². The van der Waals surface area contributed by atoms with Gasteiger partial charge in [0.15, 0.2) is 5.78 Å². The first-order chi connectivity index (χ1) is 13.9. The molecule has 2 aromatic carbocycles. The van der Waals surface area contributed by atoms with Gasteiger partial charge < -0.3 is 9.47 Å². The molecule has 2 aromatic rings. The van der Waals surface area contributed by atoms with Crippen LogP contribution in [0.2, 0.25) is 0 Å². The van der Waals surface area contributed by atoms with E-state index in [0.29, 0.717) is 17.7 Å². The second kappa shape index (κ2) is 8.68. The van der Waals surface area contributed by atoms with Gasteiger partial charge in [0.2, 0.25) is 0 Å². The number of carbonyl (C=O) groups excluding carboxylic acids is 2. The van der Waals surface area contributed by atoms with Crippen molar-refractivity contribution in [2.75, 3.05) is 13.7 Å². The maximum Gasteiger partial charge on any atom is 0.317 e. The Labute approximate surface area is 168 Å². The van der Waals surface area contributed by atoms with Gasteiger partial charge in [-0.05, 0) is 48.3 Å². The first-order valence-electron chi connectivity index (χ1n) is 9.24. The van der Waals surface area contributed by atoms with Crippen LogP contribution in [0.25, 0.3) is 5.57 Å². The van der Waals surface area contributed by atoms with Crippen LogP contribution in [0, 0.1) is 16.0 Å². The average Bonchev–Trinajstić information content (AvgIpc) is 2.73. The van der Waals surface area contributed by atoms with Gasteiger partial charge in [-0.3, -0.25) is 19.7 Å². The van der Waals surface area contributed by atoms with Gasteiger partial charge in [-0.2, -0.15) is 0 Å². The third-order valence-corrected chi connectivity index (χ3v) is 4.98. The Hall–Kier alpha value is -3.48. The SMILES string of the molecule is CCOC(=O)[C@@H]1C(=O)C=C(c2ccc(OC)cc2)C[C@H]1c1cccc([N+](=O)[O-])c1. The number of rotatable bonds is 6. The van der Waals surface area contributed by atoms with Crippen LogP contribution < -0.4 is 4.74 Å². The number of ketones is 1. The molecule has 0 aliphatic heterocycles. The molecule has 1 aliphatic carbocycles. The van der Waals surface area contributed by atoms with Crippen LogP contribution in [0.15, 0.2) is 54.6 Å². The van der Waals surface area contributed by atoms with Gasteiger partial charge in [0.05, 0.1) is 18.6 Å². The molecule has 1 aliphatic rings. The summed E-state index contributed by atoms with van der Waals surface area (Å²) in [5, 5.41) is 11.2. The molecule has 0 heterocycles. The summed E-state index contributed by atoms with van der Waals surface area (Å²) in [4.78, 5) is 36.1. The summed E-state index contributed by atoms with van der Waals surface area (Å²) in [5.74, 6) is -1.87. The lowest BCUT2D eigenvalue weighted by molar-refractivity contribution is -0.384. The summed E-state index contributed by atoms with van der Waals surface area (Å²) in [5.41, 5.74) is 2.06. The molecule has 0 aromatic heterocycles. The van der Waals surface area contributed by atoms with Gasteiger partial charge in [-0.15, -0.1) is 0 Å². The quantitative estimate of drug-likeness (QED) is 0.318. The molecular formula is C22H21NO6. The van der Waals surface area contributed by atoms with E-state index in [4.69, 9.17) is 9.47 Å². The van der Waals surface area contributed by atoms with Crippen molar-refractivity contribution in [1.29, 1.82) is 0 Å². The second-order valence-corrected chi connectivity index (χ2v) is 6.69. The van der Waals surface area contributed by atoms with Gasteiger partial charge >= 0.3 is 5.97 Å². The van der Waals surface area contributed by atoms with Crippen molar-refractivity contribution in [3.63, 3.8) is 0 Å². The lowest BCUT2D eigenvalue weighted by atomic mass is 9.73. The number of non-ortho nitro benzene ring substituents is 1. The minimum absolute atomic E-state index is 0.0851. The number of ether oxygens (including phenoxy) is 2. The van der Waals surface area contributed by atoms with Crippen LogP contribution in [0.5, 0.6) is 5.75 Å². The molecule has 7 nitrogen and oxygen atoms in total. The fraction of sp³-hybridized carbons (Fsp3) is 0.273. The van der Waals surface area contributed by atoms with Crippen molar-refractivity contribution in [3.8, 4) is 5.75 Å². The molecule has 0 saturated carbocycles. The zero-order chi connectivity index (χ0) is 21.0. The molecule has 0 amide bonds. The Balaban J connectivity index is 2.03. The van der Waals surface area contributed by atoms with E-state index in [1.54, 1.807) is 38.3 Å². The Morgan fingerprint density at radius 2 is 1.93 bits per heavy atom. The van der Waals surface area contributed by atoms with E-state index in [1.165, 1.54) is 18.2 Å². The van der Waals surface area contributed by atoms with Gasteiger partial charge in [0.25, 0.3) is 5.69 Å². The number of nitro groups is 1. The topological polar surface area (TPSA) is 95.7 Å². The largest absolute Gasteiger partial charge is 0.497 e. The maximum absolute atomic E-state index is 12.9. The average molecular weight is 395 g/mol. The Morgan fingerprint density at radius 1 is 1.21 bits per heavy atom. The fourth-order valence-electron chi connectivity index (χ4n) is 3.57. The Bertz CT molecular complexity index is 964. The number of nitrogens with zero attached hydrogens (tertiary/aromatic N) is 1. The van der Waals surface area contributed by atoms with Crippen LogP contribution in [0.3, 0.4) is 0 Å². The summed E-state index contributed by atoms with van der Waals surface area (Å²) in [6.07, 6.45) is 1.85. The molecule has 7 heteroatoms. The predicted molar refractivity (Wildman–Crippen MR) is 107 cm³/mol. The highest BCUT2D eigenvalue weighted by Crippen LogP contribution is 2.41. The fourth-order valence-corrected chi connectivity index (χ4v) is 3.57. The first-order valence-corrected chi connectivity index (χ1v) is 9.24. The highest BCUT2D eigenvalue weighted by atomic mass is 16.6. The highest BCUT2D eigenvalue weighted by Gasteiger charge is 2.40. The van der Waals surface area contributed by atoms with E-state index in [0.717, 1.165) is 11.1 Å². The molecule has 0 N–H and O–H groups in total. The van der Waals surface area contributed by atoms with Gasteiger partial charge in [-0.1, -0.05) is 24.3 Å². The van der Waals surface area contributed by atoms with Crippen molar-refractivity contribution in [3.05, 3.63) is 75.8 Å². The zero-order valence-corrected chi connectivity index (χ0v) is 16.2. The van der Waals surface area contributed by atoms with E-state index in [9.17, 15) is 19.7 Å². The van der Waals surface area contributed by atoms with E-state index in [2.05, 4.69) is 0 Å². The normalized spacial score (nSPS) is 18.7. The predicted octanol–water partition coefficient (Wildman–Crippen LogP) is 3.92. The standard InChI is InChI=1S/C22H21NO6/c1-3-29-22(25)21-19(15-5-4-6-17(11-15)23(26)27)12-16(13-20(21)24)14-7-9-18(28-2)10-8-14/h4-11,13,19,21H,3,12H2,1-2H3/t19-,21-/m0/s1. The number of benzene rings is 2. The third kappa shape index (κ3) is 4.34. The molecule has 0 spiro atoms. The molecule has 3 rings (SSSR count). The number of allylic oxidation sites excluding steroid dienone is 2. The summed E-state index contributed by atoms with van der Waals surface area (Å²) in [6.45, 7) is 1.82.